The van der Waals surface area contributed by atoms with Crippen LogP contribution in [0.25, 0.3) is 0 Å². The van der Waals surface area contributed by atoms with Crippen molar-refractivity contribution >= 4 is 35.2 Å². The summed E-state index contributed by atoms with van der Waals surface area (Å²) in [5.41, 5.74) is 1.72. The van der Waals surface area contributed by atoms with Gasteiger partial charge in [0, 0.05) is 23.4 Å². The molecule has 1 unspecified atom stereocenters. The fraction of sp³-hybridized carbons (Fsp3) is 0.364. The predicted molar refractivity (Wildman–Crippen MR) is 117 cm³/mol. The monoisotopic (exact) mass is 436 g/mol. The van der Waals surface area contributed by atoms with Crippen LogP contribution < -0.4 is 5.32 Å². The highest BCUT2D eigenvalue weighted by Gasteiger charge is 2.26. The fourth-order valence-electron chi connectivity index (χ4n) is 2.72. The van der Waals surface area contributed by atoms with Crippen LogP contribution in [0, 0.1) is 5.82 Å². The van der Waals surface area contributed by atoms with E-state index in [4.69, 9.17) is 11.6 Å². The van der Waals surface area contributed by atoms with Crippen molar-refractivity contribution in [3.05, 3.63) is 70.5 Å². The normalized spacial score (nSPS) is 11.9. The molecule has 0 saturated carbocycles. The van der Waals surface area contributed by atoms with Crippen LogP contribution in [-0.4, -0.2) is 34.6 Å². The molecule has 0 saturated heterocycles. The SMILES string of the molecule is CC(C)NC(=O)C(C)N(Cc1ccc(F)cc1)C(=O)CSCc1ccccc1Cl. The summed E-state index contributed by atoms with van der Waals surface area (Å²) in [7, 11) is 0. The molecule has 2 aromatic carbocycles. The van der Waals surface area contributed by atoms with E-state index in [1.165, 1.54) is 28.8 Å². The maximum atomic E-state index is 13.2. The molecule has 0 aromatic heterocycles. The Balaban J connectivity index is 2.07. The van der Waals surface area contributed by atoms with Gasteiger partial charge < -0.3 is 10.2 Å². The molecule has 2 aromatic rings. The molecular formula is C22H26ClFN2O2S. The average molecular weight is 437 g/mol. The minimum atomic E-state index is -0.643. The predicted octanol–water partition coefficient (Wildman–Crippen LogP) is 4.65. The van der Waals surface area contributed by atoms with Crippen LogP contribution in [0.1, 0.15) is 31.9 Å². The third-order valence-electron chi connectivity index (χ3n) is 4.31. The van der Waals surface area contributed by atoms with Crippen LogP contribution in [-0.2, 0) is 21.9 Å². The zero-order valence-electron chi connectivity index (χ0n) is 16.8. The van der Waals surface area contributed by atoms with Gasteiger partial charge in [-0.25, -0.2) is 4.39 Å². The molecule has 2 rings (SSSR count). The van der Waals surface area contributed by atoms with Crippen LogP contribution in [0.3, 0.4) is 0 Å². The number of nitrogens with zero attached hydrogens (tertiary/aromatic N) is 1. The Bertz CT molecular complexity index is 830. The van der Waals surface area contributed by atoms with Gasteiger partial charge in [-0.3, -0.25) is 9.59 Å². The Morgan fingerprint density at radius 3 is 2.38 bits per heavy atom. The maximum absolute atomic E-state index is 13.2. The lowest BCUT2D eigenvalue weighted by Gasteiger charge is -2.29. The van der Waals surface area contributed by atoms with Gasteiger partial charge in [-0.15, -0.1) is 11.8 Å². The minimum absolute atomic E-state index is 0.0256. The zero-order valence-corrected chi connectivity index (χ0v) is 18.4. The summed E-state index contributed by atoms with van der Waals surface area (Å²) in [4.78, 5) is 27.0. The molecule has 7 heteroatoms. The van der Waals surface area contributed by atoms with E-state index in [1.807, 2.05) is 38.1 Å². The van der Waals surface area contributed by atoms with Crippen molar-refractivity contribution in [1.29, 1.82) is 0 Å². The van der Waals surface area contributed by atoms with E-state index in [2.05, 4.69) is 5.32 Å². The second kappa shape index (κ2) is 11.2. The molecule has 0 aliphatic rings. The first-order valence-corrected chi connectivity index (χ1v) is 11.0. The van der Waals surface area contributed by atoms with Gasteiger partial charge in [0.2, 0.25) is 11.8 Å². The molecule has 1 N–H and O–H groups in total. The first-order valence-electron chi connectivity index (χ1n) is 9.43. The molecule has 156 valence electrons. The van der Waals surface area contributed by atoms with Crippen LogP contribution >= 0.6 is 23.4 Å². The number of nitrogens with one attached hydrogen (secondary N) is 1. The number of hydrogen-bond donors (Lipinski definition) is 1. The fourth-order valence-corrected chi connectivity index (χ4v) is 3.92. The third kappa shape index (κ3) is 7.37. The summed E-state index contributed by atoms with van der Waals surface area (Å²) < 4.78 is 13.2. The van der Waals surface area contributed by atoms with E-state index < -0.39 is 6.04 Å². The van der Waals surface area contributed by atoms with E-state index in [0.717, 1.165) is 11.1 Å². The molecule has 0 spiro atoms. The standard InChI is InChI=1S/C22H26ClFN2O2S/c1-15(2)25-22(28)16(3)26(12-17-8-10-19(24)11-9-17)21(27)14-29-13-18-6-4-5-7-20(18)23/h4-11,15-16H,12-14H2,1-3H3,(H,25,28). The number of hydrogen-bond acceptors (Lipinski definition) is 3. The smallest absolute Gasteiger partial charge is 0.242 e. The average Bonchev–Trinajstić information content (AvgIpc) is 2.68. The molecule has 2 amide bonds. The molecule has 0 aliphatic carbocycles. The van der Waals surface area contributed by atoms with Crippen LogP contribution in [0.4, 0.5) is 4.39 Å². The van der Waals surface area contributed by atoms with Crippen LogP contribution in [0.2, 0.25) is 5.02 Å². The molecule has 0 radical (unpaired) electrons. The van der Waals surface area contributed by atoms with Crippen molar-refractivity contribution in [2.75, 3.05) is 5.75 Å². The summed E-state index contributed by atoms with van der Waals surface area (Å²) in [6, 6.07) is 12.8. The number of halogens is 2. The van der Waals surface area contributed by atoms with Gasteiger partial charge in [-0.2, -0.15) is 0 Å². The van der Waals surface area contributed by atoms with Crippen molar-refractivity contribution in [3.8, 4) is 0 Å². The van der Waals surface area contributed by atoms with Gasteiger partial charge >= 0.3 is 0 Å². The Hall–Kier alpha value is -2.05. The van der Waals surface area contributed by atoms with Crippen LogP contribution in [0.15, 0.2) is 48.5 Å². The Morgan fingerprint density at radius 1 is 1.10 bits per heavy atom. The largest absolute Gasteiger partial charge is 0.352 e. The lowest BCUT2D eigenvalue weighted by atomic mass is 10.1. The molecule has 29 heavy (non-hydrogen) atoms. The molecule has 0 heterocycles. The molecule has 0 fully saturated rings. The highest BCUT2D eigenvalue weighted by molar-refractivity contribution is 7.99. The van der Waals surface area contributed by atoms with Gasteiger partial charge in [0.1, 0.15) is 11.9 Å². The van der Waals surface area contributed by atoms with Gasteiger partial charge in [-0.05, 0) is 50.1 Å². The summed E-state index contributed by atoms with van der Waals surface area (Å²) in [6.07, 6.45) is 0. The molecule has 1 atom stereocenters. The Kier molecular flexibility index (Phi) is 8.99. The topological polar surface area (TPSA) is 49.4 Å². The Labute approximate surface area is 180 Å². The minimum Gasteiger partial charge on any atom is -0.352 e. The highest BCUT2D eigenvalue weighted by atomic mass is 35.5. The van der Waals surface area contributed by atoms with Crippen molar-refractivity contribution in [3.63, 3.8) is 0 Å². The third-order valence-corrected chi connectivity index (χ3v) is 5.64. The van der Waals surface area contributed by atoms with Crippen molar-refractivity contribution < 1.29 is 14.0 Å². The number of carbonyl (C=O) groups is 2. The van der Waals surface area contributed by atoms with E-state index in [1.54, 1.807) is 19.1 Å². The number of amides is 2. The number of thioether (sulfide) groups is 1. The first-order chi connectivity index (χ1) is 13.8. The van der Waals surface area contributed by atoms with E-state index in [9.17, 15) is 14.0 Å². The lowest BCUT2D eigenvalue weighted by Crippen LogP contribution is -2.49. The second-order valence-corrected chi connectivity index (χ2v) is 8.46. The number of benzene rings is 2. The van der Waals surface area contributed by atoms with E-state index in [-0.39, 0.29) is 36.0 Å². The molecule has 4 nitrogen and oxygen atoms in total. The maximum Gasteiger partial charge on any atom is 0.242 e. The number of carbonyl (C=O) groups excluding carboxylic acids is 2. The van der Waals surface area contributed by atoms with Gasteiger partial charge in [0.05, 0.1) is 5.75 Å². The highest BCUT2D eigenvalue weighted by Crippen LogP contribution is 2.21. The van der Waals surface area contributed by atoms with Crippen LogP contribution in [0.5, 0.6) is 0 Å². The molecule has 0 aliphatic heterocycles. The lowest BCUT2D eigenvalue weighted by molar-refractivity contribution is -0.138. The van der Waals surface area contributed by atoms with Crippen molar-refractivity contribution in [1.82, 2.24) is 10.2 Å². The second-order valence-electron chi connectivity index (χ2n) is 7.07. The summed E-state index contributed by atoms with van der Waals surface area (Å²) in [5, 5.41) is 3.51. The Morgan fingerprint density at radius 2 is 1.76 bits per heavy atom. The summed E-state index contributed by atoms with van der Waals surface area (Å²) in [5.74, 6) is 0.102. The quantitative estimate of drug-likeness (QED) is 0.622. The van der Waals surface area contributed by atoms with Gasteiger partial charge in [0.25, 0.3) is 0 Å². The molecular weight excluding hydrogens is 411 g/mol. The van der Waals surface area contributed by atoms with Gasteiger partial charge in [0.15, 0.2) is 0 Å². The van der Waals surface area contributed by atoms with Crippen molar-refractivity contribution in [2.24, 2.45) is 0 Å². The zero-order chi connectivity index (χ0) is 21.4. The number of rotatable bonds is 9. The summed E-state index contributed by atoms with van der Waals surface area (Å²) >= 11 is 7.62. The first kappa shape index (κ1) is 23.2. The summed E-state index contributed by atoms with van der Waals surface area (Å²) in [6.45, 7) is 5.68. The molecule has 0 bridgehead atoms. The van der Waals surface area contributed by atoms with E-state index >= 15 is 0 Å². The van der Waals surface area contributed by atoms with Gasteiger partial charge in [-0.1, -0.05) is 41.9 Å². The van der Waals surface area contributed by atoms with Crippen molar-refractivity contribution in [2.45, 2.75) is 45.2 Å². The van der Waals surface area contributed by atoms with E-state index in [0.29, 0.717) is 10.8 Å².